The van der Waals surface area contributed by atoms with Gasteiger partial charge in [-0.05, 0) is 25.5 Å². The first-order valence-corrected chi connectivity index (χ1v) is 8.64. The fourth-order valence-corrected chi connectivity index (χ4v) is 3.14. The lowest BCUT2D eigenvalue weighted by molar-refractivity contribution is 0.0165. The van der Waals surface area contributed by atoms with Crippen molar-refractivity contribution < 1.29 is 9.53 Å². The molecular weight excluding hydrogens is 314 g/mol. The first kappa shape index (κ1) is 18.0. The first-order chi connectivity index (χ1) is 11.2. The van der Waals surface area contributed by atoms with Crippen LogP contribution in [0.4, 0.5) is 4.79 Å². The topological polar surface area (TPSA) is 44.8 Å². The van der Waals surface area contributed by atoms with Gasteiger partial charge >= 0.3 is 6.03 Å². The van der Waals surface area contributed by atoms with Gasteiger partial charge in [0.25, 0.3) is 0 Å². The van der Waals surface area contributed by atoms with Crippen molar-refractivity contribution in [3.63, 3.8) is 0 Å². The number of amides is 2. The summed E-state index contributed by atoms with van der Waals surface area (Å²) in [5, 5.41) is 3.79. The maximum absolute atomic E-state index is 12.2. The van der Waals surface area contributed by atoms with E-state index in [1.165, 1.54) is 0 Å². The molecule has 1 fully saturated rings. The van der Waals surface area contributed by atoms with Crippen molar-refractivity contribution in [3.8, 4) is 0 Å². The van der Waals surface area contributed by atoms with Crippen molar-refractivity contribution in [3.05, 3.63) is 34.9 Å². The number of morpholine rings is 1. The summed E-state index contributed by atoms with van der Waals surface area (Å²) in [5.41, 5.74) is 1.05. The number of urea groups is 1. The average molecular weight is 340 g/mol. The Hall–Kier alpha value is -1.30. The lowest BCUT2D eigenvalue weighted by Gasteiger charge is -2.35. The third kappa shape index (κ3) is 4.83. The molecule has 1 heterocycles. The van der Waals surface area contributed by atoms with Gasteiger partial charge in [-0.1, -0.05) is 29.8 Å². The molecule has 1 aromatic rings. The molecule has 1 unspecified atom stereocenters. The first-order valence-electron chi connectivity index (χ1n) is 8.26. The van der Waals surface area contributed by atoms with Crippen LogP contribution in [0, 0.1) is 0 Å². The number of carbonyl (C=O) groups excluding carboxylic acids is 1. The molecule has 1 aromatic carbocycles. The fourth-order valence-electron chi connectivity index (χ4n) is 2.88. The van der Waals surface area contributed by atoms with Crippen LogP contribution in [0.3, 0.4) is 0 Å². The molecule has 2 amide bonds. The quantitative estimate of drug-likeness (QED) is 0.866. The van der Waals surface area contributed by atoms with E-state index in [1.807, 2.05) is 38.1 Å². The van der Waals surface area contributed by atoms with Crippen molar-refractivity contribution >= 4 is 17.6 Å². The molecule has 0 saturated carbocycles. The summed E-state index contributed by atoms with van der Waals surface area (Å²) in [4.78, 5) is 16.4. The molecular formula is C17H26ClN3O2. The van der Waals surface area contributed by atoms with Crippen molar-refractivity contribution in [2.45, 2.75) is 19.9 Å². The normalized spacial score (nSPS) is 16.8. The van der Waals surface area contributed by atoms with Gasteiger partial charge in [0.15, 0.2) is 0 Å². The molecule has 2 rings (SSSR count). The van der Waals surface area contributed by atoms with Gasteiger partial charge in [0.05, 0.1) is 19.3 Å². The van der Waals surface area contributed by atoms with Gasteiger partial charge in [0.1, 0.15) is 0 Å². The Morgan fingerprint density at radius 1 is 1.30 bits per heavy atom. The molecule has 0 aromatic heterocycles. The van der Waals surface area contributed by atoms with E-state index in [1.54, 1.807) is 4.90 Å². The Morgan fingerprint density at radius 3 is 2.57 bits per heavy atom. The highest BCUT2D eigenvalue weighted by Crippen LogP contribution is 2.27. The second-order valence-corrected chi connectivity index (χ2v) is 5.95. The molecule has 0 spiro atoms. The summed E-state index contributed by atoms with van der Waals surface area (Å²) in [7, 11) is 0. The van der Waals surface area contributed by atoms with E-state index >= 15 is 0 Å². The molecule has 0 bridgehead atoms. The molecule has 1 aliphatic heterocycles. The van der Waals surface area contributed by atoms with Gasteiger partial charge in [-0.15, -0.1) is 0 Å². The van der Waals surface area contributed by atoms with E-state index in [-0.39, 0.29) is 12.1 Å². The monoisotopic (exact) mass is 339 g/mol. The number of rotatable bonds is 6. The summed E-state index contributed by atoms with van der Waals surface area (Å²) in [5.74, 6) is 0. The van der Waals surface area contributed by atoms with Crippen LogP contribution in [0.1, 0.15) is 25.5 Å². The van der Waals surface area contributed by atoms with E-state index in [4.69, 9.17) is 16.3 Å². The Morgan fingerprint density at radius 2 is 1.96 bits per heavy atom. The van der Waals surface area contributed by atoms with Gasteiger partial charge in [-0.25, -0.2) is 4.79 Å². The second kappa shape index (κ2) is 9.11. The van der Waals surface area contributed by atoms with Crippen molar-refractivity contribution in [1.29, 1.82) is 0 Å². The number of hydrogen-bond acceptors (Lipinski definition) is 3. The summed E-state index contributed by atoms with van der Waals surface area (Å²) in [6, 6.07) is 7.88. The van der Waals surface area contributed by atoms with Crippen LogP contribution >= 0.6 is 11.6 Å². The molecule has 1 atom stereocenters. The van der Waals surface area contributed by atoms with Crippen LogP contribution in [-0.4, -0.2) is 61.8 Å². The number of nitrogens with one attached hydrogen (secondary N) is 1. The van der Waals surface area contributed by atoms with Crippen molar-refractivity contribution in [1.82, 2.24) is 15.1 Å². The molecule has 0 radical (unpaired) electrons. The predicted molar refractivity (Wildman–Crippen MR) is 92.9 cm³/mol. The van der Waals surface area contributed by atoms with E-state index in [0.29, 0.717) is 32.8 Å². The highest BCUT2D eigenvalue weighted by atomic mass is 35.5. The van der Waals surface area contributed by atoms with E-state index in [0.717, 1.165) is 23.7 Å². The molecule has 5 nitrogen and oxygen atoms in total. The maximum Gasteiger partial charge on any atom is 0.317 e. The number of ether oxygens (including phenoxy) is 1. The van der Waals surface area contributed by atoms with Crippen LogP contribution in [0.2, 0.25) is 5.02 Å². The van der Waals surface area contributed by atoms with Crippen LogP contribution in [-0.2, 0) is 4.74 Å². The molecule has 0 aliphatic carbocycles. The second-order valence-electron chi connectivity index (χ2n) is 5.54. The highest BCUT2D eigenvalue weighted by molar-refractivity contribution is 6.31. The fraction of sp³-hybridized carbons (Fsp3) is 0.588. The number of benzene rings is 1. The van der Waals surface area contributed by atoms with E-state index < -0.39 is 0 Å². The van der Waals surface area contributed by atoms with Crippen molar-refractivity contribution in [2.75, 3.05) is 45.9 Å². The smallest absolute Gasteiger partial charge is 0.317 e. The largest absolute Gasteiger partial charge is 0.379 e. The minimum Gasteiger partial charge on any atom is -0.379 e. The van der Waals surface area contributed by atoms with Gasteiger partial charge in [-0.2, -0.15) is 0 Å². The molecule has 23 heavy (non-hydrogen) atoms. The predicted octanol–water partition coefficient (Wildman–Crippen LogP) is 2.76. The molecule has 1 saturated heterocycles. The number of nitrogens with zero attached hydrogens (tertiary/aromatic N) is 2. The van der Waals surface area contributed by atoms with Gasteiger partial charge in [0, 0.05) is 37.7 Å². The van der Waals surface area contributed by atoms with E-state index in [2.05, 4.69) is 10.2 Å². The Kier molecular flexibility index (Phi) is 7.15. The average Bonchev–Trinajstić information content (AvgIpc) is 2.58. The summed E-state index contributed by atoms with van der Waals surface area (Å²) in [6.45, 7) is 9.03. The van der Waals surface area contributed by atoms with Crippen LogP contribution in [0.15, 0.2) is 24.3 Å². The zero-order chi connectivity index (χ0) is 16.7. The lowest BCUT2D eigenvalue weighted by Crippen LogP contribution is -2.46. The maximum atomic E-state index is 12.2. The van der Waals surface area contributed by atoms with Crippen molar-refractivity contribution in [2.24, 2.45) is 0 Å². The number of halogens is 1. The number of hydrogen-bond donors (Lipinski definition) is 1. The van der Waals surface area contributed by atoms with Gasteiger partial charge in [0.2, 0.25) is 0 Å². The molecule has 1 aliphatic rings. The molecule has 128 valence electrons. The van der Waals surface area contributed by atoms with Gasteiger partial charge < -0.3 is 15.0 Å². The minimum atomic E-state index is -0.0275. The van der Waals surface area contributed by atoms with Crippen LogP contribution in [0.5, 0.6) is 0 Å². The third-order valence-electron chi connectivity index (χ3n) is 4.25. The lowest BCUT2D eigenvalue weighted by atomic mass is 10.0. The van der Waals surface area contributed by atoms with Crippen LogP contribution < -0.4 is 5.32 Å². The van der Waals surface area contributed by atoms with Gasteiger partial charge in [-0.3, -0.25) is 4.90 Å². The Balaban J connectivity index is 2.11. The molecule has 6 heteroatoms. The Labute approximate surface area is 143 Å². The third-order valence-corrected chi connectivity index (χ3v) is 4.59. The Bertz CT molecular complexity index is 502. The standard InChI is InChI=1S/C17H26ClN3O2/c1-3-20(4-2)17(22)19-13-16(21-9-11-23-12-10-21)14-7-5-6-8-15(14)18/h5-8,16H,3-4,9-13H2,1-2H3,(H,19,22). The summed E-state index contributed by atoms with van der Waals surface area (Å²) in [6.07, 6.45) is 0. The minimum absolute atomic E-state index is 0.0275. The zero-order valence-corrected chi connectivity index (χ0v) is 14.7. The van der Waals surface area contributed by atoms with Crippen LogP contribution in [0.25, 0.3) is 0 Å². The number of carbonyl (C=O) groups is 1. The summed E-state index contributed by atoms with van der Waals surface area (Å²) < 4.78 is 5.44. The summed E-state index contributed by atoms with van der Waals surface area (Å²) >= 11 is 6.39. The molecule has 1 N–H and O–H groups in total. The van der Waals surface area contributed by atoms with E-state index in [9.17, 15) is 4.79 Å². The zero-order valence-electron chi connectivity index (χ0n) is 13.9. The highest BCUT2D eigenvalue weighted by Gasteiger charge is 2.25. The SMILES string of the molecule is CCN(CC)C(=O)NCC(c1ccccc1Cl)N1CCOCC1.